The minimum atomic E-state index is -3.84. The van der Waals surface area contributed by atoms with E-state index in [9.17, 15) is 31.5 Å². The number of sulfonamides is 1. The van der Waals surface area contributed by atoms with Gasteiger partial charge in [0.05, 0.1) is 43.1 Å². The van der Waals surface area contributed by atoms with Gasteiger partial charge < -0.3 is 25.8 Å². The van der Waals surface area contributed by atoms with Crippen molar-refractivity contribution in [2.75, 3.05) is 32.2 Å². The molecule has 2 amide bonds. The molecule has 1 unspecified atom stereocenters. The molecule has 0 saturated carbocycles. The molecule has 2 aromatic rings. The molecule has 5 N–H and O–H groups in total. The molecule has 12 nitrogen and oxygen atoms in total. The van der Waals surface area contributed by atoms with E-state index in [1.165, 1.54) is 0 Å². The first-order valence-corrected chi connectivity index (χ1v) is 18.7. The van der Waals surface area contributed by atoms with Crippen LogP contribution in [0.2, 0.25) is 0 Å². The average molecular weight is 669 g/mol. The molecule has 0 aliphatic carbocycles. The van der Waals surface area contributed by atoms with Crippen molar-refractivity contribution in [2.45, 2.75) is 75.9 Å². The van der Waals surface area contributed by atoms with Crippen molar-refractivity contribution in [3.8, 4) is 5.75 Å². The van der Waals surface area contributed by atoms with Crippen LogP contribution in [0, 0.1) is 0 Å². The summed E-state index contributed by atoms with van der Waals surface area (Å²) in [6, 6.07) is 14.3. The topological polar surface area (TPSA) is 180 Å². The van der Waals surface area contributed by atoms with Crippen molar-refractivity contribution < 1.29 is 36.3 Å². The normalized spacial score (nSPS) is 14.0. The predicted molar refractivity (Wildman–Crippen MR) is 175 cm³/mol. The number of aliphatic hydroxyl groups excluding tert-OH is 1. The largest absolute Gasteiger partial charge is 0.497 e. The third-order valence-corrected chi connectivity index (χ3v) is 10.1. The lowest BCUT2D eigenvalue weighted by Gasteiger charge is -2.28. The molecule has 252 valence electrons. The van der Waals surface area contributed by atoms with Crippen LogP contribution in [0.4, 0.5) is 0 Å². The molecule has 0 aliphatic heterocycles. The molecule has 0 radical (unpaired) electrons. The summed E-state index contributed by atoms with van der Waals surface area (Å²) in [5.74, 6) is -1.64. The standard InChI is InChI=1S/C31H48N4O8S2/c1-5-11-26(12-6-2)45(41,42)22-28(34-30(37)21-33-44(4,39)40)31(38)35-27(18-23-13-8-7-9-14-23)29(36)20-32-19-24-15-10-16-25(17-24)43-3/h7-10,13-17,26-29,32-33,36H,5-6,11-12,18-22H2,1-4H3,(H,34,37)(H,35,38)/t27-,28?,29+/m0/s1. The van der Waals surface area contributed by atoms with Crippen LogP contribution in [-0.4, -0.2) is 89.4 Å². The van der Waals surface area contributed by atoms with Crippen molar-refractivity contribution >= 4 is 31.7 Å². The molecule has 0 aliphatic rings. The average Bonchev–Trinajstić information content (AvgIpc) is 2.99. The SMILES string of the molecule is CCCC(CCC)S(=O)(=O)CC(NC(=O)CNS(C)(=O)=O)C(=O)N[C@@H](Cc1ccccc1)[C@H](O)CNCc1cccc(OC)c1. The van der Waals surface area contributed by atoms with Crippen LogP contribution in [0.15, 0.2) is 54.6 Å². The van der Waals surface area contributed by atoms with E-state index in [1.54, 1.807) is 7.11 Å². The van der Waals surface area contributed by atoms with E-state index in [1.807, 2.05) is 68.4 Å². The highest BCUT2D eigenvalue weighted by Crippen LogP contribution is 2.17. The number of hydrogen-bond donors (Lipinski definition) is 5. The summed E-state index contributed by atoms with van der Waals surface area (Å²) in [6.45, 7) is 3.59. The molecular formula is C31H48N4O8S2. The number of carbonyl (C=O) groups is 2. The summed E-state index contributed by atoms with van der Waals surface area (Å²) in [7, 11) is -5.98. The van der Waals surface area contributed by atoms with Crippen molar-refractivity contribution in [3.05, 3.63) is 65.7 Å². The number of sulfone groups is 1. The van der Waals surface area contributed by atoms with Crippen molar-refractivity contribution in [1.29, 1.82) is 0 Å². The summed E-state index contributed by atoms with van der Waals surface area (Å²) >= 11 is 0. The van der Waals surface area contributed by atoms with Crippen LogP contribution in [0.1, 0.15) is 50.7 Å². The minimum absolute atomic E-state index is 0.0949. The van der Waals surface area contributed by atoms with Gasteiger partial charge in [-0.3, -0.25) is 9.59 Å². The lowest BCUT2D eigenvalue weighted by molar-refractivity contribution is -0.128. The van der Waals surface area contributed by atoms with Crippen LogP contribution in [0.5, 0.6) is 5.75 Å². The predicted octanol–water partition coefficient (Wildman–Crippen LogP) is 1.29. The second-order valence-electron chi connectivity index (χ2n) is 11.1. The number of hydrogen-bond acceptors (Lipinski definition) is 9. The molecule has 0 fully saturated rings. The Labute approximate surface area is 267 Å². The second-order valence-corrected chi connectivity index (χ2v) is 15.3. The Morgan fingerprint density at radius 2 is 1.56 bits per heavy atom. The first-order valence-electron chi connectivity index (χ1n) is 15.1. The van der Waals surface area contributed by atoms with Crippen LogP contribution >= 0.6 is 0 Å². The van der Waals surface area contributed by atoms with Crippen molar-refractivity contribution in [1.82, 2.24) is 20.7 Å². The molecule has 0 heterocycles. The van der Waals surface area contributed by atoms with E-state index in [-0.39, 0.29) is 13.0 Å². The molecule has 0 spiro atoms. The zero-order valence-corrected chi connectivity index (χ0v) is 28.1. The number of rotatable bonds is 21. The lowest BCUT2D eigenvalue weighted by atomic mass is 10.0. The first-order chi connectivity index (χ1) is 21.3. The number of benzene rings is 2. The lowest BCUT2D eigenvalue weighted by Crippen LogP contribution is -2.57. The van der Waals surface area contributed by atoms with Crippen LogP contribution in [-0.2, 0) is 42.4 Å². The Balaban J connectivity index is 2.28. The smallest absolute Gasteiger partial charge is 0.243 e. The van der Waals surface area contributed by atoms with E-state index in [4.69, 9.17) is 4.74 Å². The Bertz CT molecular complexity index is 1420. The maximum Gasteiger partial charge on any atom is 0.243 e. The monoisotopic (exact) mass is 668 g/mol. The number of amides is 2. The highest BCUT2D eigenvalue weighted by Gasteiger charge is 2.34. The fourth-order valence-electron chi connectivity index (χ4n) is 4.86. The summed E-state index contributed by atoms with van der Waals surface area (Å²) in [4.78, 5) is 26.4. The Kier molecular flexibility index (Phi) is 15.9. The van der Waals surface area contributed by atoms with Gasteiger partial charge in [-0.2, -0.15) is 0 Å². The summed E-state index contributed by atoms with van der Waals surface area (Å²) in [5.41, 5.74) is 1.75. The van der Waals surface area contributed by atoms with Gasteiger partial charge in [-0.25, -0.2) is 21.6 Å². The molecule has 14 heteroatoms. The molecule has 2 rings (SSSR count). The van der Waals surface area contributed by atoms with Crippen LogP contribution in [0.25, 0.3) is 0 Å². The zero-order valence-electron chi connectivity index (χ0n) is 26.5. The van der Waals surface area contributed by atoms with Crippen LogP contribution in [0.3, 0.4) is 0 Å². The zero-order chi connectivity index (χ0) is 33.5. The number of aliphatic hydroxyl groups is 1. The van der Waals surface area contributed by atoms with Gasteiger partial charge in [-0.1, -0.05) is 69.2 Å². The van der Waals surface area contributed by atoms with Crippen molar-refractivity contribution in [3.63, 3.8) is 0 Å². The van der Waals surface area contributed by atoms with E-state index in [0.717, 1.165) is 17.4 Å². The minimum Gasteiger partial charge on any atom is -0.497 e. The number of methoxy groups -OCH3 is 1. The Morgan fingerprint density at radius 3 is 2.16 bits per heavy atom. The van der Waals surface area contributed by atoms with Crippen molar-refractivity contribution in [2.24, 2.45) is 0 Å². The molecule has 0 aromatic heterocycles. The van der Waals surface area contributed by atoms with Crippen LogP contribution < -0.4 is 25.4 Å². The maximum absolute atomic E-state index is 13.7. The highest BCUT2D eigenvalue weighted by atomic mass is 32.2. The molecular weight excluding hydrogens is 620 g/mol. The highest BCUT2D eigenvalue weighted by molar-refractivity contribution is 7.92. The fraction of sp³-hybridized carbons (Fsp3) is 0.548. The van der Waals surface area contributed by atoms with Gasteiger partial charge in [0.25, 0.3) is 0 Å². The van der Waals surface area contributed by atoms with Gasteiger partial charge in [0, 0.05) is 13.1 Å². The Morgan fingerprint density at radius 1 is 0.911 bits per heavy atom. The molecule has 2 aromatic carbocycles. The third-order valence-electron chi connectivity index (χ3n) is 7.18. The number of carbonyl (C=O) groups excluding carboxylic acids is 2. The van der Waals surface area contributed by atoms with Gasteiger partial charge in [0.15, 0.2) is 9.84 Å². The quantitative estimate of drug-likeness (QED) is 0.131. The Hall–Kier alpha value is -3.04. The van der Waals surface area contributed by atoms with E-state index < -0.39 is 67.4 Å². The van der Waals surface area contributed by atoms with Gasteiger partial charge in [0.1, 0.15) is 11.8 Å². The van der Waals surface area contributed by atoms with Gasteiger partial charge in [-0.05, 0) is 42.5 Å². The summed E-state index contributed by atoms with van der Waals surface area (Å²) in [6.07, 6.45) is 2.08. The van der Waals surface area contributed by atoms with Gasteiger partial charge in [-0.15, -0.1) is 0 Å². The molecule has 0 bridgehead atoms. The van der Waals surface area contributed by atoms with Gasteiger partial charge in [0.2, 0.25) is 21.8 Å². The fourth-order valence-corrected chi connectivity index (χ4v) is 7.42. The second kappa shape index (κ2) is 18.8. The third kappa shape index (κ3) is 14.3. The maximum atomic E-state index is 13.7. The molecule has 0 saturated heterocycles. The number of ether oxygens (including phenoxy) is 1. The number of nitrogens with one attached hydrogen (secondary N) is 4. The molecule has 3 atom stereocenters. The summed E-state index contributed by atoms with van der Waals surface area (Å²) < 4.78 is 57.2. The summed E-state index contributed by atoms with van der Waals surface area (Å²) in [5, 5.41) is 18.9. The van der Waals surface area contributed by atoms with Gasteiger partial charge >= 0.3 is 0 Å². The molecule has 45 heavy (non-hydrogen) atoms. The first kappa shape index (κ1) is 38.1. The van der Waals surface area contributed by atoms with E-state index in [0.29, 0.717) is 38.0 Å². The van der Waals surface area contributed by atoms with E-state index >= 15 is 0 Å². The van der Waals surface area contributed by atoms with E-state index in [2.05, 4.69) is 20.7 Å².